The highest BCUT2D eigenvalue weighted by Gasteiger charge is 2.16. The molecule has 0 unspecified atom stereocenters. The molecule has 0 atom stereocenters. The summed E-state index contributed by atoms with van der Waals surface area (Å²) >= 11 is 5.08. The van der Waals surface area contributed by atoms with Gasteiger partial charge in [0, 0.05) is 26.7 Å². The van der Waals surface area contributed by atoms with Crippen molar-refractivity contribution in [3.8, 4) is 11.5 Å². The Labute approximate surface area is 123 Å². The first-order valence-corrected chi connectivity index (χ1v) is 7.55. The SMILES string of the molecule is O=C(CCc1cc(Br)cs1)c1ccc2c(c1)OCO2. The standard InChI is InChI=1S/C14H11BrO3S/c15-10-6-11(19-7-10)2-3-12(16)9-1-4-13-14(5-9)18-8-17-13/h1,4-7H,2-3,8H2. The van der Waals surface area contributed by atoms with Gasteiger partial charge in [0.15, 0.2) is 17.3 Å². The molecule has 1 aliphatic heterocycles. The topological polar surface area (TPSA) is 35.5 Å². The molecule has 0 spiro atoms. The number of ether oxygens (including phenoxy) is 2. The highest BCUT2D eigenvalue weighted by atomic mass is 79.9. The lowest BCUT2D eigenvalue weighted by molar-refractivity contribution is 0.0982. The number of halogens is 1. The third-order valence-corrected chi connectivity index (χ3v) is 4.67. The molecule has 5 heteroatoms. The van der Waals surface area contributed by atoms with E-state index in [1.54, 1.807) is 29.5 Å². The van der Waals surface area contributed by atoms with Gasteiger partial charge in [-0.1, -0.05) is 0 Å². The summed E-state index contributed by atoms with van der Waals surface area (Å²) in [6.45, 7) is 0.232. The number of ketones is 1. The minimum absolute atomic E-state index is 0.128. The molecule has 1 aromatic heterocycles. The molecule has 3 rings (SSSR count). The van der Waals surface area contributed by atoms with Crippen LogP contribution in [0.25, 0.3) is 0 Å². The molecule has 0 fully saturated rings. The average Bonchev–Trinajstić information content (AvgIpc) is 3.03. The van der Waals surface area contributed by atoms with E-state index in [0.29, 0.717) is 23.5 Å². The van der Waals surface area contributed by atoms with Gasteiger partial charge in [-0.15, -0.1) is 11.3 Å². The zero-order chi connectivity index (χ0) is 13.2. The second kappa shape index (κ2) is 5.35. The van der Waals surface area contributed by atoms with Crippen LogP contribution in [0.15, 0.2) is 34.1 Å². The molecule has 0 aliphatic carbocycles. The van der Waals surface area contributed by atoms with Crippen molar-refractivity contribution < 1.29 is 14.3 Å². The average molecular weight is 339 g/mol. The third kappa shape index (κ3) is 2.82. The van der Waals surface area contributed by atoms with Gasteiger partial charge in [-0.2, -0.15) is 0 Å². The number of rotatable bonds is 4. The van der Waals surface area contributed by atoms with Gasteiger partial charge in [0.05, 0.1) is 0 Å². The number of hydrogen-bond acceptors (Lipinski definition) is 4. The summed E-state index contributed by atoms with van der Waals surface area (Å²) in [5, 5.41) is 2.03. The lowest BCUT2D eigenvalue weighted by atomic mass is 10.1. The van der Waals surface area contributed by atoms with E-state index < -0.39 is 0 Å². The highest BCUT2D eigenvalue weighted by molar-refractivity contribution is 9.10. The second-order valence-electron chi connectivity index (χ2n) is 4.22. The molecule has 2 aromatic rings. The number of Topliss-reactive ketones (excluding diaryl/α,β-unsaturated/α-hetero) is 1. The van der Waals surface area contributed by atoms with Gasteiger partial charge in [0.2, 0.25) is 6.79 Å². The quantitative estimate of drug-likeness (QED) is 0.788. The van der Waals surface area contributed by atoms with Gasteiger partial charge in [0.1, 0.15) is 0 Å². The highest BCUT2D eigenvalue weighted by Crippen LogP contribution is 2.33. The summed E-state index contributed by atoms with van der Waals surface area (Å²) in [5.74, 6) is 1.49. The fourth-order valence-electron chi connectivity index (χ4n) is 1.94. The maximum absolute atomic E-state index is 12.1. The van der Waals surface area contributed by atoms with E-state index in [9.17, 15) is 4.79 Å². The van der Waals surface area contributed by atoms with Crippen molar-refractivity contribution in [2.75, 3.05) is 6.79 Å². The summed E-state index contributed by atoms with van der Waals surface area (Å²) < 4.78 is 11.6. The first-order chi connectivity index (χ1) is 9.22. The summed E-state index contributed by atoms with van der Waals surface area (Å²) in [6, 6.07) is 7.39. The Bertz CT molecular complexity index is 621. The zero-order valence-electron chi connectivity index (χ0n) is 10.0. The van der Waals surface area contributed by atoms with Crippen LogP contribution < -0.4 is 9.47 Å². The molecule has 0 amide bonds. The predicted octanol–water partition coefficient (Wildman–Crippen LogP) is 4.05. The number of fused-ring (bicyclic) bond motifs is 1. The first kappa shape index (κ1) is 12.7. The Hall–Kier alpha value is -1.33. The number of thiophene rings is 1. The van der Waals surface area contributed by atoms with E-state index in [-0.39, 0.29) is 12.6 Å². The van der Waals surface area contributed by atoms with Crippen molar-refractivity contribution in [2.45, 2.75) is 12.8 Å². The minimum Gasteiger partial charge on any atom is -0.454 e. The van der Waals surface area contributed by atoms with Crippen molar-refractivity contribution in [2.24, 2.45) is 0 Å². The van der Waals surface area contributed by atoms with Crippen molar-refractivity contribution in [1.29, 1.82) is 0 Å². The van der Waals surface area contributed by atoms with Crippen molar-refractivity contribution in [3.63, 3.8) is 0 Å². The van der Waals surface area contributed by atoms with Gasteiger partial charge < -0.3 is 9.47 Å². The number of carbonyl (C=O) groups is 1. The van der Waals surface area contributed by atoms with Crippen molar-refractivity contribution in [1.82, 2.24) is 0 Å². The molecule has 0 saturated carbocycles. The number of benzene rings is 1. The van der Waals surface area contributed by atoms with Gasteiger partial charge in [-0.05, 0) is 46.6 Å². The molecule has 0 bridgehead atoms. The lowest BCUT2D eigenvalue weighted by Crippen LogP contribution is -2.00. The molecule has 1 aliphatic rings. The Morgan fingerprint density at radius 1 is 1.26 bits per heavy atom. The Kier molecular flexibility index (Phi) is 3.57. The molecule has 3 nitrogen and oxygen atoms in total. The fraction of sp³-hybridized carbons (Fsp3) is 0.214. The smallest absolute Gasteiger partial charge is 0.231 e. The summed E-state index contributed by atoms with van der Waals surface area (Å²) in [4.78, 5) is 13.3. The van der Waals surface area contributed by atoms with Crippen LogP contribution in [0.1, 0.15) is 21.7 Å². The fourth-order valence-corrected chi connectivity index (χ4v) is 3.39. The molecule has 2 heterocycles. The van der Waals surface area contributed by atoms with Gasteiger partial charge in [0.25, 0.3) is 0 Å². The predicted molar refractivity (Wildman–Crippen MR) is 77.2 cm³/mol. The molecular weight excluding hydrogens is 328 g/mol. The maximum atomic E-state index is 12.1. The van der Waals surface area contributed by atoms with E-state index in [2.05, 4.69) is 22.0 Å². The van der Waals surface area contributed by atoms with Crippen LogP contribution in [0, 0.1) is 0 Å². The Balaban J connectivity index is 1.67. The van der Waals surface area contributed by atoms with E-state index in [0.717, 1.165) is 10.9 Å². The number of aryl methyl sites for hydroxylation is 1. The van der Waals surface area contributed by atoms with E-state index >= 15 is 0 Å². The maximum Gasteiger partial charge on any atom is 0.231 e. The summed E-state index contributed by atoms with van der Waals surface area (Å²) in [5.41, 5.74) is 0.680. The summed E-state index contributed by atoms with van der Waals surface area (Å²) in [6.07, 6.45) is 1.27. The van der Waals surface area contributed by atoms with E-state index in [4.69, 9.17) is 9.47 Å². The molecule has 98 valence electrons. The van der Waals surface area contributed by atoms with Crippen molar-refractivity contribution >= 4 is 33.0 Å². The monoisotopic (exact) mass is 338 g/mol. The zero-order valence-corrected chi connectivity index (χ0v) is 12.4. The Morgan fingerprint density at radius 2 is 2.11 bits per heavy atom. The normalized spacial score (nSPS) is 12.7. The third-order valence-electron chi connectivity index (χ3n) is 2.91. The van der Waals surface area contributed by atoms with Crippen LogP contribution in [0.2, 0.25) is 0 Å². The van der Waals surface area contributed by atoms with Crippen LogP contribution in [0.3, 0.4) is 0 Å². The second-order valence-corrected chi connectivity index (χ2v) is 6.13. The number of carbonyl (C=O) groups excluding carboxylic acids is 1. The van der Waals surface area contributed by atoms with Crippen molar-refractivity contribution in [3.05, 3.63) is 44.6 Å². The van der Waals surface area contributed by atoms with Crippen LogP contribution in [-0.2, 0) is 6.42 Å². The summed E-state index contributed by atoms with van der Waals surface area (Å²) in [7, 11) is 0. The molecule has 19 heavy (non-hydrogen) atoms. The molecular formula is C14H11BrO3S. The van der Waals surface area contributed by atoms with Crippen LogP contribution in [-0.4, -0.2) is 12.6 Å². The number of hydrogen-bond donors (Lipinski definition) is 0. The first-order valence-electron chi connectivity index (χ1n) is 5.88. The molecule has 0 saturated heterocycles. The van der Waals surface area contributed by atoms with Crippen LogP contribution >= 0.6 is 27.3 Å². The van der Waals surface area contributed by atoms with Crippen LogP contribution in [0.4, 0.5) is 0 Å². The van der Waals surface area contributed by atoms with E-state index in [1.165, 1.54) is 4.88 Å². The molecule has 0 N–H and O–H groups in total. The largest absolute Gasteiger partial charge is 0.454 e. The van der Waals surface area contributed by atoms with Gasteiger partial charge >= 0.3 is 0 Å². The van der Waals surface area contributed by atoms with E-state index in [1.807, 2.05) is 5.38 Å². The molecule has 1 aromatic carbocycles. The van der Waals surface area contributed by atoms with Crippen LogP contribution in [0.5, 0.6) is 11.5 Å². The Morgan fingerprint density at radius 3 is 2.89 bits per heavy atom. The van der Waals surface area contributed by atoms with Gasteiger partial charge in [-0.3, -0.25) is 4.79 Å². The lowest BCUT2D eigenvalue weighted by Gasteiger charge is -2.02. The minimum atomic E-state index is 0.128. The molecule has 0 radical (unpaired) electrons. The van der Waals surface area contributed by atoms with Gasteiger partial charge in [-0.25, -0.2) is 0 Å².